The van der Waals surface area contributed by atoms with Gasteiger partial charge in [0, 0.05) is 0 Å². The number of rotatable bonds is 6. The summed E-state index contributed by atoms with van der Waals surface area (Å²) >= 11 is 10.2. The van der Waals surface area contributed by atoms with E-state index in [1.165, 1.54) is 36.0 Å². The molecule has 0 unspecified atom stereocenters. The van der Waals surface area contributed by atoms with E-state index < -0.39 is 0 Å². The second kappa shape index (κ2) is 8.76. The van der Waals surface area contributed by atoms with E-state index in [0.717, 1.165) is 41.5 Å². The van der Waals surface area contributed by atoms with Crippen molar-refractivity contribution in [2.45, 2.75) is 51.9 Å². The van der Waals surface area contributed by atoms with Crippen molar-refractivity contribution in [3.63, 3.8) is 0 Å². The first-order valence-electron chi connectivity index (χ1n) is 11.4. The van der Waals surface area contributed by atoms with E-state index in [2.05, 4.69) is 28.3 Å². The molecule has 6 rings (SSSR count). The molecule has 0 atom stereocenters. The van der Waals surface area contributed by atoms with Gasteiger partial charge in [-0.05, 0) is 115 Å². The van der Waals surface area contributed by atoms with E-state index in [1.54, 1.807) is 0 Å². The summed E-state index contributed by atoms with van der Waals surface area (Å²) in [6, 6.07) is 5.73. The van der Waals surface area contributed by atoms with Crippen molar-refractivity contribution in [2.75, 3.05) is 6.61 Å². The number of carbonyl (C=O) groups is 2. The summed E-state index contributed by atoms with van der Waals surface area (Å²) in [6.07, 6.45) is 9.43. The molecule has 0 spiro atoms. The van der Waals surface area contributed by atoms with E-state index >= 15 is 0 Å². The number of nitrogens with one attached hydrogen (secondary N) is 1. The van der Waals surface area contributed by atoms with Gasteiger partial charge in [-0.2, -0.15) is 5.01 Å². The van der Waals surface area contributed by atoms with Gasteiger partial charge in [0.25, 0.3) is 5.91 Å². The van der Waals surface area contributed by atoms with Gasteiger partial charge in [0.1, 0.15) is 5.75 Å². The van der Waals surface area contributed by atoms with E-state index in [1.807, 2.05) is 24.3 Å². The largest absolute Gasteiger partial charge is 0.492 e. The first-order valence-corrected chi connectivity index (χ1v) is 13.4. The van der Waals surface area contributed by atoms with E-state index in [4.69, 9.17) is 17.0 Å². The van der Waals surface area contributed by atoms with Crippen molar-refractivity contribution in [2.24, 2.45) is 23.2 Å². The summed E-state index contributed by atoms with van der Waals surface area (Å²) in [4.78, 5) is 26.9. The fourth-order valence-corrected chi connectivity index (χ4v) is 7.95. The molecule has 1 N–H and O–H groups in total. The van der Waals surface area contributed by atoms with E-state index in [-0.39, 0.29) is 17.2 Å². The van der Waals surface area contributed by atoms with Gasteiger partial charge < -0.3 is 4.74 Å². The molecule has 0 radical (unpaired) electrons. The minimum absolute atomic E-state index is 0.0191. The van der Waals surface area contributed by atoms with Crippen LogP contribution in [0.5, 0.6) is 5.75 Å². The minimum atomic E-state index is -0.318. The number of nitrogens with zero attached hydrogens (tertiary/aromatic N) is 1. The molecule has 0 aromatic heterocycles. The molecule has 4 saturated carbocycles. The van der Waals surface area contributed by atoms with E-state index in [9.17, 15) is 9.59 Å². The SMILES string of the molecule is CCCOc1ccc(/C=C2\SC(=S)N(NC(=O)C34CC5CC(CC(C5)C3)C4)C2=O)cc1Br. The number of hydrogen-bond donors (Lipinski definition) is 1. The van der Waals surface area contributed by atoms with Crippen molar-refractivity contribution in [3.8, 4) is 5.75 Å². The summed E-state index contributed by atoms with van der Waals surface area (Å²) in [7, 11) is 0. The van der Waals surface area contributed by atoms with Crippen LogP contribution in [0.4, 0.5) is 0 Å². The van der Waals surface area contributed by atoms with Crippen LogP contribution in [0.2, 0.25) is 0 Å². The summed E-state index contributed by atoms with van der Waals surface area (Å²) in [5.41, 5.74) is 3.46. The number of hydrazine groups is 1. The van der Waals surface area contributed by atoms with Gasteiger partial charge in [-0.25, -0.2) is 0 Å². The van der Waals surface area contributed by atoms with Gasteiger partial charge in [0.05, 0.1) is 21.4 Å². The molecule has 1 saturated heterocycles. The minimum Gasteiger partial charge on any atom is -0.492 e. The quantitative estimate of drug-likeness (QED) is 0.375. The average molecular weight is 536 g/mol. The standard InChI is InChI=1S/C24H27BrN2O3S2/c1-2-5-30-19-4-3-14(9-18(19)25)10-20-21(28)27(23(31)32-20)26-22(29)24-11-15-6-16(12-24)8-17(7-15)13-24/h3-4,9-10,15-17H,2,5-8,11-13H2,1H3,(H,26,29)/b20-10-. The van der Waals surface area contributed by atoms with Gasteiger partial charge in [-0.1, -0.05) is 24.8 Å². The maximum absolute atomic E-state index is 13.4. The Morgan fingerprint density at radius 2 is 1.94 bits per heavy atom. The molecule has 1 aromatic carbocycles. The van der Waals surface area contributed by atoms with Gasteiger partial charge in [-0.15, -0.1) is 0 Å². The predicted octanol–water partition coefficient (Wildman–Crippen LogP) is 5.69. The van der Waals surface area contributed by atoms with Crippen molar-refractivity contribution < 1.29 is 14.3 Å². The number of thioether (sulfide) groups is 1. The number of thiocarbonyl (C=S) groups is 1. The maximum Gasteiger partial charge on any atom is 0.285 e. The molecular weight excluding hydrogens is 508 g/mol. The summed E-state index contributed by atoms with van der Waals surface area (Å²) in [5, 5.41) is 1.28. The van der Waals surface area contributed by atoms with Crippen molar-refractivity contribution in [3.05, 3.63) is 33.1 Å². The van der Waals surface area contributed by atoms with Crippen molar-refractivity contribution in [1.29, 1.82) is 0 Å². The lowest BCUT2D eigenvalue weighted by molar-refractivity contribution is -0.152. The van der Waals surface area contributed by atoms with Crippen LogP contribution >= 0.6 is 39.9 Å². The highest BCUT2D eigenvalue weighted by Crippen LogP contribution is 2.60. The molecule has 170 valence electrons. The monoisotopic (exact) mass is 534 g/mol. The molecule has 4 bridgehead atoms. The number of carbonyl (C=O) groups excluding carboxylic acids is 2. The number of ether oxygens (including phenoxy) is 1. The van der Waals surface area contributed by atoms with Crippen molar-refractivity contribution >= 4 is 62.1 Å². The van der Waals surface area contributed by atoms with Gasteiger partial charge in [0.2, 0.25) is 5.91 Å². The third kappa shape index (κ3) is 4.14. The molecule has 5 nitrogen and oxygen atoms in total. The maximum atomic E-state index is 13.4. The van der Waals surface area contributed by atoms with Gasteiger partial charge >= 0.3 is 0 Å². The molecule has 2 amide bonds. The highest BCUT2D eigenvalue weighted by molar-refractivity contribution is 9.10. The highest BCUT2D eigenvalue weighted by Gasteiger charge is 2.55. The predicted molar refractivity (Wildman–Crippen MR) is 134 cm³/mol. The van der Waals surface area contributed by atoms with Crippen LogP contribution in [-0.4, -0.2) is 27.8 Å². The second-order valence-corrected chi connectivity index (χ2v) is 12.2. The number of halogens is 1. The zero-order valence-electron chi connectivity index (χ0n) is 18.1. The molecule has 1 heterocycles. The summed E-state index contributed by atoms with van der Waals surface area (Å²) in [6.45, 7) is 2.71. The third-order valence-electron chi connectivity index (χ3n) is 7.24. The van der Waals surface area contributed by atoms with Crippen LogP contribution in [0.25, 0.3) is 6.08 Å². The molecule has 32 heavy (non-hydrogen) atoms. The fourth-order valence-electron chi connectivity index (χ4n) is 6.26. The molecule has 8 heteroatoms. The van der Waals surface area contributed by atoms with Crippen LogP contribution in [0, 0.1) is 23.2 Å². The molecule has 1 aliphatic heterocycles. The van der Waals surface area contributed by atoms with Crippen molar-refractivity contribution in [1.82, 2.24) is 10.4 Å². The van der Waals surface area contributed by atoms with Crippen LogP contribution in [0.1, 0.15) is 57.4 Å². The Labute approximate surface area is 206 Å². The highest BCUT2D eigenvalue weighted by atomic mass is 79.9. The van der Waals surface area contributed by atoms with E-state index in [0.29, 0.717) is 33.6 Å². The molecule has 1 aromatic rings. The molecule has 4 aliphatic carbocycles. The first kappa shape index (κ1) is 22.4. The second-order valence-electron chi connectivity index (χ2n) is 9.69. The Bertz CT molecular complexity index is 974. The first-order chi connectivity index (χ1) is 15.4. The van der Waals surface area contributed by atoms with Crippen LogP contribution in [-0.2, 0) is 9.59 Å². The number of hydrogen-bond acceptors (Lipinski definition) is 5. The fraction of sp³-hybridized carbons (Fsp3) is 0.542. The van der Waals surface area contributed by atoms with Crippen LogP contribution < -0.4 is 10.2 Å². The number of benzene rings is 1. The van der Waals surface area contributed by atoms with Crippen LogP contribution in [0.15, 0.2) is 27.6 Å². The lowest BCUT2D eigenvalue weighted by atomic mass is 9.49. The molecular formula is C24H27BrN2O3S2. The van der Waals surface area contributed by atoms with Gasteiger partial charge in [-0.3, -0.25) is 15.0 Å². The normalized spacial score (nSPS) is 32.1. The molecule has 5 fully saturated rings. The zero-order valence-corrected chi connectivity index (χ0v) is 21.3. The Kier molecular flexibility index (Phi) is 6.14. The summed E-state index contributed by atoms with van der Waals surface area (Å²) < 4.78 is 6.91. The number of amides is 2. The third-order valence-corrected chi connectivity index (χ3v) is 9.16. The molecule has 5 aliphatic rings. The Morgan fingerprint density at radius 3 is 2.53 bits per heavy atom. The Morgan fingerprint density at radius 1 is 1.28 bits per heavy atom. The zero-order chi connectivity index (χ0) is 22.5. The van der Waals surface area contributed by atoms with Crippen LogP contribution in [0.3, 0.4) is 0 Å². The average Bonchev–Trinajstić information content (AvgIpc) is 2.99. The smallest absolute Gasteiger partial charge is 0.285 e. The van der Waals surface area contributed by atoms with Gasteiger partial charge in [0.15, 0.2) is 4.32 Å². The lowest BCUT2D eigenvalue weighted by Crippen LogP contribution is -2.57. The summed E-state index contributed by atoms with van der Waals surface area (Å²) in [5.74, 6) is 2.50. The lowest BCUT2D eigenvalue weighted by Gasteiger charge is -2.55. The Hall–Kier alpha value is -1.38. The topological polar surface area (TPSA) is 58.6 Å². The Balaban J connectivity index is 1.29.